The summed E-state index contributed by atoms with van der Waals surface area (Å²) < 4.78 is 4.38. The number of rotatable bonds is 11. The molecule has 0 bridgehead atoms. The fourth-order valence-corrected chi connectivity index (χ4v) is 8.44. The van der Waals surface area contributed by atoms with Crippen LogP contribution in [0.15, 0.2) is 24.3 Å². The predicted octanol–water partition coefficient (Wildman–Crippen LogP) is 10.7. The molecule has 0 amide bonds. The maximum atomic E-state index is 2.48. The monoisotopic (exact) mass is 468 g/mol. The third-order valence-electron chi connectivity index (χ3n) is 6.41. The average Bonchev–Trinajstić information content (AvgIpc) is 3.38. The van der Waals surface area contributed by atoms with Gasteiger partial charge in [-0.1, -0.05) is 64.5 Å². The second-order valence-corrected chi connectivity index (χ2v) is 12.5. The summed E-state index contributed by atoms with van der Waals surface area (Å²) in [7, 11) is 0. The minimum Gasteiger partial charge on any atom is -0.140 e. The number of hydrogen-bond acceptors (Lipinski definition) is 3. The van der Waals surface area contributed by atoms with E-state index in [9.17, 15) is 0 Å². The molecular weight excluding hydrogens is 433 g/mol. The van der Waals surface area contributed by atoms with Crippen molar-refractivity contribution in [3.05, 3.63) is 45.1 Å². The van der Waals surface area contributed by atoms with Crippen molar-refractivity contribution in [1.29, 1.82) is 0 Å². The molecular formula is C28H36S3. The zero-order valence-corrected chi connectivity index (χ0v) is 22.1. The van der Waals surface area contributed by atoms with Gasteiger partial charge in [0, 0.05) is 29.4 Å². The van der Waals surface area contributed by atoms with Gasteiger partial charge < -0.3 is 0 Å². The van der Waals surface area contributed by atoms with Crippen LogP contribution in [0, 0.1) is 13.8 Å². The van der Waals surface area contributed by atoms with Crippen molar-refractivity contribution >= 4 is 53.5 Å². The molecule has 0 saturated carbocycles. The standard InChI is InChI=1S/C28H36S3/c1-5-7-9-11-13-22-20(4)30-27(23(22)14-12-10-8-6-2)21-15-16-24-25(18-21)31-26-17-19(3)29-28(24)26/h15-18H,5-14H2,1-4H3. The highest BCUT2D eigenvalue weighted by molar-refractivity contribution is 7.32. The molecule has 3 heterocycles. The van der Waals surface area contributed by atoms with Gasteiger partial charge in [-0.2, -0.15) is 0 Å². The molecule has 1 aromatic carbocycles. The zero-order chi connectivity index (χ0) is 21.8. The lowest BCUT2D eigenvalue weighted by molar-refractivity contribution is 0.651. The van der Waals surface area contributed by atoms with Gasteiger partial charge in [-0.05, 0) is 68.4 Å². The molecule has 166 valence electrons. The highest BCUT2D eigenvalue weighted by atomic mass is 32.1. The molecule has 0 aliphatic heterocycles. The van der Waals surface area contributed by atoms with E-state index in [0.29, 0.717) is 0 Å². The fourth-order valence-electron chi connectivity index (χ4n) is 4.72. The first kappa shape index (κ1) is 23.0. The molecule has 4 rings (SSSR count). The molecule has 31 heavy (non-hydrogen) atoms. The summed E-state index contributed by atoms with van der Waals surface area (Å²) in [5.74, 6) is 0. The Labute approximate surface area is 200 Å². The van der Waals surface area contributed by atoms with Gasteiger partial charge in [0.2, 0.25) is 0 Å². The molecule has 0 spiro atoms. The van der Waals surface area contributed by atoms with Crippen LogP contribution >= 0.6 is 34.0 Å². The van der Waals surface area contributed by atoms with Crippen LogP contribution in [0.1, 0.15) is 86.1 Å². The van der Waals surface area contributed by atoms with Crippen LogP contribution in [0.5, 0.6) is 0 Å². The van der Waals surface area contributed by atoms with Crippen LogP contribution in [0.25, 0.3) is 29.9 Å². The molecule has 0 aliphatic rings. The molecule has 0 saturated heterocycles. The first-order valence-electron chi connectivity index (χ1n) is 12.2. The summed E-state index contributed by atoms with van der Waals surface area (Å²) in [5.41, 5.74) is 4.79. The van der Waals surface area contributed by atoms with Crippen LogP contribution in [0.2, 0.25) is 0 Å². The maximum absolute atomic E-state index is 2.48. The third kappa shape index (κ3) is 5.10. The van der Waals surface area contributed by atoms with Crippen LogP contribution < -0.4 is 0 Å². The molecule has 0 aliphatic carbocycles. The Morgan fingerprint density at radius 3 is 2.10 bits per heavy atom. The Bertz CT molecular complexity index is 1140. The minimum absolute atomic E-state index is 1.25. The SMILES string of the molecule is CCCCCCc1c(C)sc(-c2ccc3c(c2)sc2cc(C)sc23)c1CCCCCC. The molecule has 0 unspecified atom stereocenters. The molecule has 3 heteroatoms. The number of benzene rings is 1. The lowest BCUT2D eigenvalue weighted by Crippen LogP contribution is -1.95. The molecule has 0 radical (unpaired) electrons. The van der Waals surface area contributed by atoms with Crippen molar-refractivity contribution in [1.82, 2.24) is 0 Å². The first-order chi connectivity index (χ1) is 15.1. The molecule has 0 nitrogen and oxygen atoms in total. The Morgan fingerprint density at radius 1 is 0.677 bits per heavy atom. The van der Waals surface area contributed by atoms with E-state index >= 15 is 0 Å². The number of unbranched alkanes of at least 4 members (excludes halogenated alkanes) is 6. The van der Waals surface area contributed by atoms with Crippen molar-refractivity contribution in [2.45, 2.75) is 91.9 Å². The zero-order valence-electron chi connectivity index (χ0n) is 19.6. The Balaban J connectivity index is 1.67. The minimum atomic E-state index is 1.25. The van der Waals surface area contributed by atoms with Gasteiger partial charge in [0.15, 0.2) is 0 Å². The average molecular weight is 469 g/mol. The van der Waals surface area contributed by atoms with E-state index in [2.05, 4.69) is 52.0 Å². The van der Waals surface area contributed by atoms with E-state index < -0.39 is 0 Å². The summed E-state index contributed by atoms with van der Waals surface area (Å²) in [6, 6.07) is 9.61. The van der Waals surface area contributed by atoms with Gasteiger partial charge in [0.05, 0.1) is 4.70 Å². The van der Waals surface area contributed by atoms with Crippen molar-refractivity contribution in [2.24, 2.45) is 0 Å². The summed E-state index contributed by atoms with van der Waals surface area (Å²) in [6.07, 6.45) is 13.3. The van der Waals surface area contributed by atoms with E-state index in [1.54, 1.807) is 20.9 Å². The third-order valence-corrected chi connectivity index (χ3v) is 9.96. The van der Waals surface area contributed by atoms with Gasteiger partial charge >= 0.3 is 0 Å². The lowest BCUT2D eigenvalue weighted by atomic mass is 9.95. The van der Waals surface area contributed by atoms with E-state index in [4.69, 9.17) is 0 Å². The number of aryl methyl sites for hydroxylation is 2. The van der Waals surface area contributed by atoms with E-state index in [1.807, 2.05) is 34.0 Å². The van der Waals surface area contributed by atoms with Gasteiger partial charge in [-0.3, -0.25) is 0 Å². The number of hydrogen-bond donors (Lipinski definition) is 0. The van der Waals surface area contributed by atoms with Gasteiger partial charge in [0.1, 0.15) is 0 Å². The highest BCUT2D eigenvalue weighted by Gasteiger charge is 2.18. The van der Waals surface area contributed by atoms with Gasteiger partial charge in [0.25, 0.3) is 0 Å². The lowest BCUT2D eigenvalue weighted by Gasteiger charge is -2.09. The maximum Gasteiger partial charge on any atom is 0.0532 e. The molecule has 3 aromatic heterocycles. The highest BCUT2D eigenvalue weighted by Crippen LogP contribution is 2.43. The topological polar surface area (TPSA) is 0 Å². The summed E-state index contributed by atoms with van der Waals surface area (Å²) in [4.78, 5) is 4.53. The first-order valence-corrected chi connectivity index (χ1v) is 14.6. The smallest absolute Gasteiger partial charge is 0.0532 e. The second kappa shape index (κ2) is 10.6. The van der Waals surface area contributed by atoms with E-state index in [-0.39, 0.29) is 0 Å². The summed E-state index contributed by atoms with van der Waals surface area (Å²) in [6.45, 7) is 9.20. The van der Waals surface area contributed by atoms with Crippen molar-refractivity contribution in [3.63, 3.8) is 0 Å². The Morgan fingerprint density at radius 2 is 1.39 bits per heavy atom. The fraction of sp³-hybridized carbons (Fsp3) is 0.500. The largest absolute Gasteiger partial charge is 0.140 e. The molecule has 0 N–H and O–H groups in total. The van der Waals surface area contributed by atoms with Crippen molar-refractivity contribution in [2.75, 3.05) is 0 Å². The van der Waals surface area contributed by atoms with Gasteiger partial charge in [-0.25, -0.2) is 0 Å². The summed E-state index contributed by atoms with van der Waals surface area (Å²) in [5, 5.41) is 1.44. The number of thiophene rings is 3. The van der Waals surface area contributed by atoms with Gasteiger partial charge in [-0.15, -0.1) is 34.0 Å². The summed E-state index contributed by atoms with van der Waals surface area (Å²) >= 11 is 5.96. The van der Waals surface area contributed by atoms with Crippen LogP contribution in [0.4, 0.5) is 0 Å². The molecule has 4 aromatic rings. The van der Waals surface area contributed by atoms with Crippen molar-refractivity contribution < 1.29 is 0 Å². The Hall–Kier alpha value is -1.16. The quantitative estimate of drug-likeness (QED) is 0.192. The number of fused-ring (bicyclic) bond motifs is 3. The van der Waals surface area contributed by atoms with Crippen LogP contribution in [0.3, 0.4) is 0 Å². The van der Waals surface area contributed by atoms with E-state index in [1.165, 1.54) is 94.1 Å². The second-order valence-electron chi connectivity index (χ2n) is 8.93. The van der Waals surface area contributed by atoms with Crippen LogP contribution in [-0.4, -0.2) is 0 Å². The predicted molar refractivity (Wildman–Crippen MR) is 146 cm³/mol. The van der Waals surface area contributed by atoms with Crippen molar-refractivity contribution in [3.8, 4) is 10.4 Å². The Kier molecular flexibility index (Phi) is 7.90. The molecule has 0 atom stereocenters. The normalized spacial score (nSPS) is 11.9. The molecule has 0 fully saturated rings. The van der Waals surface area contributed by atoms with E-state index in [0.717, 1.165) is 0 Å². The van der Waals surface area contributed by atoms with Crippen LogP contribution in [-0.2, 0) is 12.8 Å².